The Balaban J connectivity index is 1.73. The molecule has 12 nitrogen and oxygen atoms in total. The van der Waals surface area contributed by atoms with Crippen molar-refractivity contribution in [2.45, 2.75) is 46.0 Å². The van der Waals surface area contributed by atoms with Crippen molar-refractivity contribution in [3.8, 4) is 0 Å². The maximum atomic E-state index is 12.2. The Morgan fingerprint density at radius 3 is 1.52 bits per heavy atom. The van der Waals surface area contributed by atoms with Crippen molar-refractivity contribution in [3.05, 3.63) is 59.7 Å². The molecule has 4 N–H and O–H groups in total. The Labute approximate surface area is 232 Å². The lowest BCUT2D eigenvalue weighted by molar-refractivity contribution is -0.136. The molecule has 1 aromatic heterocycles. The number of carbonyl (C=O) groups excluding carboxylic acids is 2. The molecular formula is C28H34N6O6. The van der Waals surface area contributed by atoms with Gasteiger partial charge in [-0.3, -0.25) is 4.79 Å². The van der Waals surface area contributed by atoms with Gasteiger partial charge < -0.3 is 30.5 Å². The molecule has 0 aliphatic rings. The summed E-state index contributed by atoms with van der Waals surface area (Å²) in [5.74, 6) is -1.21. The number of aliphatic carboxylic acids is 1. The van der Waals surface area contributed by atoms with Gasteiger partial charge in [0.25, 0.3) is 0 Å². The summed E-state index contributed by atoms with van der Waals surface area (Å²) >= 11 is 0. The van der Waals surface area contributed by atoms with E-state index in [0.717, 1.165) is 25.7 Å². The van der Waals surface area contributed by atoms with Crippen LogP contribution in [0.1, 0.15) is 66.7 Å². The first-order chi connectivity index (χ1) is 19.4. The van der Waals surface area contributed by atoms with Crippen LogP contribution in [0.25, 0.3) is 0 Å². The summed E-state index contributed by atoms with van der Waals surface area (Å²) in [5.41, 5.74) is 2.08. The monoisotopic (exact) mass is 550 g/mol. The molecule has 0 unspecified atom stereocenters. The Hall–Kier alpha value is -4.74. The smallest absolute Gasteiger partial charge is 0.338 e. The van der Waals surface area contributed by atoms with Crippen LogP contribution in [-0.2, 0) is 14.3 Å². The molecule has 2 aromatic carbocycles. The fourth-order valence-corrected chi connectivity index (χ4v) is 3.27. The minimum atomic E-state index is -0.958. The van der Waals surface area contributed by atoms with Crippen LogP contribution in [0.3, 0.4) is 0 Å². The molecule has 0 spiro atoms. The summed E-state index contributed by atoms with van der Waals surface area (Å²) < 4.78 is 10.5. The summed E-state index contributed by atoms with van der Waals surface area (Å²) in [5, 5.41) is 18.0. The number of hydrogen-bond donors (Lipinski definition) is 4. The Bertz CT molecular complexity index is 1180. The van der Waals surface area contributed by atoms with E-state index in [0.29, 0.717) is 35.7 Å². The van der Waals surface area contributed by atoms with E-state index in [-0.39, 0.29) is 30.8 Å². The third kappa shape index (κ3) is 9.86. The van der Waals surface area contributed by atoms with Gasteiger partial charge in [-0.05, 0) is 61.4 Å². The van der Waals surface area contributed by atoms with E-state index in [1.54, 1.807) is 48.5 Å². The van der Waals surface area contributed by atoms with Gasteiger partial charge in [0.2, 0.25) is 17.8 Å². The fourth-order valence-electron chi connectivity index (χ4n) is 3.27. The van der Waals surface area contributed by atoms with E-state index >= 15 is 0 Å². The first-order valence-electron chi connectivity index (χ1n) is 13.2. The Morgan fingerprint density at radius 1 is 0.700 bits per heavy atom. The number of aromatic nitrogens is 3. The molecule has 0 fully saturated rings. The number of ether oxygens (including phenoxy) is 2. The average Bonchev–Trinajstić information content (AvgIpc) is 2.94. The number of nitrogens with zero attached hydrogens (tertiary/aromatic N) is 3. The lowest BCUT2D eigenvalue weighted by atomic mass is 10.2. The predicted molar refractivity (Wildman–Crippen MR) is 150 cm³/mol. The second kappa shape index (κ2) is 15.6. The van der Waals surface area contributed by atoms with E-state index < -0.39 is 17.9 Å². The molecule has 0 atom stereocenters. The second-order valence-electron chi connectivity index (χ2n) is 8.76. The Morgan fingerprint density at radius 2 is 1.12 bits per heavy atom. The van der Waals surface area contributed by atoms with Crippen molar-refractivity contribution >= 4 is 47.1 Å². The van der Waals surface area contributed by atoms with Gasteiger partial charge in [0.05, 0.1) is 30.8 Å². The quantitative estimate of drug-likeness (QED) is 0.137. The molecule has 3 rings (SSSR count). The van der Waals surface area contributed by atoms with Crippen LogP contribution in [0, 0.1) is 0 Å². The van der Waals surface area contributed by atoms with E-state index in [4.69, 9.17) is 14.6 Å². The van der Waals surface area contributed by atoms with Gasteiger partial charge in [-0.25, -0.2) is 9.59 Å². The van der Waals surface area contributed by atoms with Crippen LogP contribution in [0.4, 0.5) is 29.2 Å². The molecule has 12 heteroatoms. The first kappa shape index (κ1) is 29.8. The number of carbonyl (C=O) groups is 3. The topological polar surface area (TPSA) is 165 Å². The molecular weight excluding hydrogens is 516 g/mol. The van der Waals surface area contributed by atoms with Gasteiger partial charge >= 0.3 is 17.9 Å². The minimum absolute atomic E-state index is 0.113. The summed E-state index contributed by atoms with van der Waals surface area (Å²) in [6.07, 6.45) is 3.36. The number of hydrogen-bond acceptors (Lipinski definition) is 11. The van der Waals surface area contributed by atoms with Crippen LogP contribution in [0.2, 0.25) is 0 Å². The van der Waals surface area contributed by atoms with Crippen molar-refractivity contribution in [1.82, 2.24) is 15.0 Å². The summed E-state index contributed by atoms with van der Waals surface area (Å²) in [7, 11) is 0. The van der Waals surface area contributed by atoms with Gasteiger partial charge in [-0.1, -0.05) is 26.7 Å². The highest BCUT2D eigenvalue weighted by molar-refractivity contribution is 5.90. The SMILES string of the molecule is CCCCOC(=O)c1ccc(Nc2nc(NCCC(=O)O)nc(Nc3ccc(C(=O)OCCCC)cc3)n2)cc1. The number of nitrogens with one attached hydrogen (secondary N) is 3. The van der Waals surface area contributed by atoms with Crippen LogP contribution in [0.5, 0.6) is 0 Å². The maximum Gasteiger partial charge on any atom is 0.338 e. The zero-order chi connectivity index (χ0) is 28.7. The van der Waals surface area contributed by atoms with E-state index in [1.165, 1.54) is 0 Å². The van der Waals surface area contributed by atoms with Crippen molar-refractivity contribution in [2.75, 3.05) is 35.7 Å². The fraction of sp³-hybridized carbons (Fsp3) is 0.357. The van der Waals surface area contributed by atoms with Crippen molar-refractivity contribution in [3.63, 3.8) is 0 Å². The molecule has 0 aliphatic carbocycles. The minimum Gasteiger partial charge on any atom is -0.481 e. The maximum absolute atomic E-state index is 12.2. The summed E-state index contributed by atoms with van der Waals surface area (Å²) in [6, 6.07) is 13.3. The number of rotatable bonds is 16. The lowest BCUT2D eigenvalue weighted by Crippen LogP contribution is -2.13. The van der Waals surface area contributed by atoms with Crippen LogP contribution in [0.15, 0.2) is 48.5 Å². The third-order valence-electron chi connectivity index (χ3n) is 5.47. The molecule has 212 valence electrons. The molecule has 0 aliphatic heterocycles. The van der Waals surface area contributed by atoms with Gasteiger partial charge in [0, 0.05) is 17.9 Å². The summed E-state index contributed by atoms with van der Waals surface area (Å²) in [4.78, 5) is 48.3. The van der Waals surface area contributed by atoms with Crippen LogP contribution in [-0.4, -0.2) is 57.7 Å². The highest BCUT2D eigenvalue weighted by Crippen LogP contribution is 2.20. The Kier molecular flexibility index (Phi) is 11.6. The number of benzene rings is 2. The zero-order valence-electron chi connectivity index (χ0n) is 22.6. The van der Waals surface area contributed by atoms with Crippen molar-refractivity contribution < 1.29 is 29.0 Å². The number of unbranched alkanes of at least 4 members (excludes halogenated alkanes) is 2. The second-order valence-corrected chi connectivity index (χ2v) is 8.76. The lowest BCUT2D eigenvalue weighted by Gasteiger charge is -2.12. The molecule has 1 heterocycles. The van der Waals surface area contributed by atoms with Crippen LogP contribution >= 0.6 is 0 Å². The molecule has 0 saturated carbocycles. The van der Waals surface area contributed by atoms with Gasteiger partial charge in [0.1, 0.15) is 0 Å². The molecule has 0 amide bonds. The van der Waals surface area contributed by atoms with Crippen molar-refractivity contribution in [2.24, 2.45) is 0 Å². The zero-order valence-corrected chi connectivity index (χ0v) is 22.6. The largest absolute Gasteiger partial charge is 0.481 e. The molecule has 0 saturated heterocycles. The number of carboxylic acids is 1. The third-order valence-corrected chi connectivity index (χ3v) is 5.47. The van der Waals surface area contributed by atoms with Gasteiger partial charge in [0.15, 0.2) is 0 Å². The molecule has 40 heavy (non-hydrogen) atoms. The van der Waals surface area contributed by atoms with E-state index in [1.807, 2.05) is 13.8 Å². The predicted octanol–water partition coefficient (Wildman–Crippen LogP) is 5.16. The molecule has 3 aromatic rings. The van der Waals surface area contributed by atoms with Crippen molar-refractivity contribution in [1.29, 1.82) is 0 Å². The van der Waals surface area contributed by atoms with Gasteiger partial charge in [-0.15, -0.1) is 0 Å². The van der Waals surface area contributed by atoms with Gasteiger partial charge in [-0.2, -0.15) is 15.0 Å². The van der Waals surface area contributed by atoms with E-state index in [9.17, 15) is 14.4 Å². The number of esters is 2. The summed E-state index contributed by atoms with van der Waals surface area (Å²) in [6.45, 7) is 4.90. The first-order valence-corrected chi connectivity index (χ1v) is 13.2. The highest BCUT2D eigenvalue weighted by Gasteiger charge is 2.11. The normalized spacial score (nSPS) is 10.4. The van der Waals surface area contributed by atoms with Crippen LogP contribution < -0.4 is 16.0 Å². The van der Waals surface area contributed by atoms with E-state index in [2.05, 4.69) is 30.9 Å². The molecule has 0 bridgehead atoms. The number of carboxylic acid groups (broad SMARTS) is 1. The molecule has 0 radical (unpaired) electrons. The standard InChI is InChI=1S/C28H34N6O6/c1-3-5-17-39-24(37)19-7-11-21(12-8-19)30-27-32-26(29-16-15-23(35)36)33-28(34-27)31-22-13-9-20(10-14-22)25(38)40-18-6-4-2/h7-14H,3-6,15-18H2,1-2H3,(H,35,36)(H3,29,30,31,32,33,34). The highest BCUT2D eigenvalue weighted by atomic mass is 16.5. The average molecular weight is 551 g/mol. The number of anilines is 5.